The number of carboxylic acids is 1. The van der Waals surface area contributed by atoms with Gasteiger partial charge in [-0.2, -0.15) is 5.06 Å². The molecule has 6 amide bonds. The summed E-state index contributed by atoms with van der Waals surface area (Å²) < 4.78 is 0. The number of hydrogen-bond donors (Lipinski definition) is 4. The van der Waals surface area contributed by atoms with Crippen LogP contribution >= 0.6 is 0 Å². The lowest BCUT2D eigenvalue weighted by molar-refractivity contribution is -0.197. The van der Waals surface area contributed by atoms with Crippen LogP contribution in [0.3, 0.4) is 0 Å². The SMILES string of the molecule is C#CCNC(=O)CCCC(=O)O.C#CCNC(=O)CCCC(=O)ON1C(=O)CCC1=O.O=C1CCC(=O)N1O. The Morgan fingerprint density at radius 2 is 1.15 bits per heavy atom. The molecule has 4 N–H and O–H groups in total. The number of imide groups is 2. The molecule has 0 spiro atoms. The fourth-order valence-electron chi connectivity index (χ4n) is 2.64. The molecule has 0 radical (unpaired) electrons. The molecule has 0 saturated carbocycles. The highest BCUT2D eigenvalue weighted by atomic mass is 16.7. The minimum Gasteiger partial charge on any atom is -0.481 e. The number of hydroxylamine groups is 4. The molecule has 212 valence electrons. The van der Waals surface area contributed by atoms with Gasteiger partial charge in [0.25, 0.3) is 23.6 Å². The standard InChI is InChI=1S/C12H14N2O5.C8H11NO3.C4H5NO3/c1-2-8-13-9(15)4-3-5-12(18)19-14-10(16)6-7-11(14)17;1-2-6-9-7(10)4-3-5-8(11)12;6-3-1-2-4(7)5(3)8/h1H,3-8H2,(H,13,15);1H,3-6H2,(H,9,10)(H,11,12);8H,1-2H2. The molecular weight excluding hydrogens is 520 g/mol. The Kier molecular flexibility index (Phi) is 17.0. The highest BCUT2D eigenvalue weighted by Gasteiger charge is 2.32. The molecule has 2 saturated heterocycles. The zero-order chi connectivity index (χ0) is 29.8. The normalized spacial score (nSPS) is 13.7. The van der Waals surface area contributed by atoms with E-state index in [1.54, 1.807) is 0 Å². The quantitative estimate of drug-likeness (QED) is 0.139. The molecule has 0 unspecified atom stereocenters. The molecule has 0 aromatic rings. The summed E-state index contributed by atoms with van der Waals surface area (Å²) in [6.07, 6.45) is 11.2. The Balaban J connectivity index is 0.000000614. The highest BCUT2D eigenvalue weighted by Crippen LogP contribution is 2.13. The number of terminal acetylenes is 2. The zero-order valence-corrected chi connectivity index (χ0v) is 21.1. The van der Waals surface area contributed by atoms with E-state index in [9.17, 15) is 38.4 Å². The van der Waals surface area contributed by atoms with Crippen molar-refractivity contribution in [2.45, 2.75) is 64.2 Å². The van der Waals surface area contributed by atoms with Crippen LogP contribution in [0.5, 0.6) is 0 Å². The smallest absolute Gasteiger partial charge is 0.333 e. The van der Waals surface area contributed by atoms with Gasteiger partial charge in [0.15, 0.2) is 0 Å². The van der Waals surface area contributed by atoms with Crippen LogP contribution in [-0.4, -0.2) is 80.9 Å². The number of carbonyl (C=O) groups excluding carboxylic acids is 7. The number of nitrogens with one attached hydrogen (secondary N) is 2. The second-order valence-corrected chi connectivity index (χ2v) is 7.71. The summed E-state index contributed by atoms with van der Waals surface area (Å²) in [5.41, 5.74) is 0. The summed E-state index contributed by atoms with van der Waals surface area (Å²) in [4.78, 5) is 90.8. The third-order valence-electron chi connectivity index (χ3n) is 4.58. The number of carbonyl (C=O) groups is 8. The zero-order valence-electron chi connectivity index (χ0n) is 21.1. The molecule has 0 aromatic heterocycles. The molecule has 0 aromatic carbocycles. The third-order valence-corrected chi connectivity index (χ3v) is 4.58. The predicted molar refractivity (Wildman–Crippen MR) is 129 cm³/mol. The van der Waals surface area contributed by atoms with Gasteiger partial charge in [0.05, 0.1) is 13.1 Å². The second kappa shape index (κ2) is 19.4. The van der Waals surface area contributed by atoms with E-state index >= 15 is 0 Å². The number of rotatable bonds is 11. The molecule has 2 aliphatic rings. The number of amides is 6. The van der Waals surface area contributed by atoms with Crippen LogP contribution in [0.15, 0.2) is 0 Å². The van der Waals surface area contributed by atoms with Gasteiger partial charge in [-0.25, -0.2) is 4.79 Å². The van der Waals surface area contributed by atoms with Gasteiger partial charge in [0, 0.05) is 51.4 Å². The summed E-state index contributed by atoms with van der Waals surface area (Å²) in [6.45, 7) is 0.339. The summed E-state index contributed by atoms with van der Waals surface area (Å²) in [5.74, 6) is 0.377. The van der Waals surface area contributed by atoms with E-state index in [0.717, 1.165) is 0 Å². The highest BCUT2D eigenvalue weighted by molar-refractivity contribution is 6.01. The lowest BCUT2D eigenvalue weighted by Crippen LogP contribution is -2.32. The van der Waals surface area contributed by atoms with Crippen molar-refractivity contribution in [1.29, 1.82) is 0 Å². The molecule has 15 heteroatoms. The van der Waals surface area contributed by atoms with Crippen LogP contribution in [0.2, 0.25) is 0 Å². The number of hydrogen-bond acceptors (Lipinski definition) is 10. The second-order valence-electron chi connectivity index (χ2n) is 7.71. The first-order chi connectivity index (χ1) is 18.4. The van der Waals surface area contributed by atoms with Crippen LogP contribution in [0.4, 0.5) is 0 Å². The maximum atomic E-state index is 11.4. The van der Waals surface area contributed by atoms with Gasteiger partial charge in [-0.1, -0.05) is 11.8 Å². The number of carboxylic acid groups (broad SMARTS) is 1. The van der Waals surface area contributed by atoms with Crippen molar-refractivity contribution in [3.63, 3.8) is 0 Å². The molecule has 2 rings (SSSR count). The van der Waals surface area contributed by atoms with E-state index in [-0.39, 0.29) is 87.8 Å². The van der Waals surface area contributed by atoms with Crippen LogP contribution in [-0.2, 0) is 43.2 Å². The van der Waals surface area contributed by atoms with Crippen LogP contribution in [0.25, 0.3) is 0 Å². The molecule has 0 aliphatic carbocycles. The number of aliphatic carboxylic acids is 1. The lowest BCUT2D eigenvalue weighted by atomic mass is 10.2. The van der Waals surface area contributed by atoms with E-state index in [4.69, 9.17) is 23.2 Å². The molecule has 2 fully saturated rings. The van der Waals surface area contributed by atoms with Gasteiger partial charge in [0.1, 0.15) is 0 Å². The van der Waals surface area contributed by atoms with E-state index in [0.29, 0.717) is 11.5 Å². The van der Waals surface area contributed by atoms with Crippen LogP contribution in [0.1, 0.15) is 64.2 Å². The first kappa shape index (κ1) is 34.2. The van der Waals surface area contributed by atoms with Crippen molar-refractivity contribution < 1.29 is 53.5 Å². The fourth-order valence-corrected chi connectivity index (χ4v) is 2.64. The van der Waals surface area contributed by atoms with Crippen molar-refractivity contribution in [3.8, 4) is 24.7 Å². The lowest BCUT2D eigenvalue weighted by Gasteiger charge is -2.12. The van der Waals surface area contributed by atoms with Crippen molar-refractivity contribution in [2.75, 3.05) is 13.1 Å². The van der Waals surface area contributed by atoms with Crippen molar-refractivity contribution >= 4 is 47.4 Å². The van der Waals surface area contributed by atoms with Gasteiger partial charge in [-0.15, -0.1) is 17.9 Å². The molecule has 2 heterocycles. The minimum absolute atomic E-state index is 0.0173. The van der Waals surface area contributed by atoms with Gasteiger partial charge >= 0.3 is 11.9 Å². The van der Waals surface area contributed by atoms with Gasteiger partial charge < -0.3 is 20.6 Å². The molecular formula is C24H30N4O11. The molecule has 2 aliphatic heterocycles. The fraction of sp³-hybridized carbons (Fsp3) is 0.500. The maximum absolute atomic E-state index is 11.4. The van der Waals surface area contributed by atoms with E-state index in [2.05, 4.69) is 27.3 Å². The molecule has 0 bridgehead atoms. The average molecular weight is 551 g/mol. The largest absolute Gasteiger partial charge is 0.481 e. The van der Waals surface area contributed by atoms with Crippen molar-refractivity contribution in [1.82, 2.24) is 20.8 Å². The average Bonchev–Trinajstić information content (AvgIpc) is 3.36. The van der Waals surface area contributed by atoms with Gasteiger partial charge in [-0.3, -0.25) is 38.8 Å². The van der Waals surface area contributed by atoms with Gasteiger partial charge in [0.2, 0.25) is 11.8 Å². The Hall–Kier alpha value is -4.76. The molecule has 0 atom stereocenters. The maximum Gasteiger partial charge on any atom is 0.333 e. The van der Waals surface area contributed by atoms with E-state index in [1.165, 1.54) is 0 Å². The van der Waals surface area contributed by atoms with Crippen molar-refractivity contribution in [3.05, 3.63) is 0 Å². The minimum atomic E-state index is -0.889. The van der Waals surface area contributed by atoms with E-state index < -0.39 is 35.6 Å². The monoisotopic (exact) mass is 550 g/mol. The van der Waals surface area contributed by atoms with Gasteiger partial charge in [-0.05, 0) is 12.8 Å². The van der Waals surface area contributed by atoms with Crippen LogP contribution < -0.4 is 10.6 Å². The predicted octanol–water partition coefficient (Wildman–Crippen LogP) is -0.971. The first-order valence-electron chi connectivity index (χ1n) is 11.7. The first-order valence-corrected chi connectivity index (χ1v) is 11.7. The Bertz CT molecular complexity index is 994. The summed E-state index contributed by atoms with van der Waals surface area (Å²) in [5, 5.41) is 22.2. The Morgan fingerprint density at radius 3 is 1.51 bits per heavy atom. The molecule has 15 nitrogen and oxygen atoms in total. The van der Waals surface area contributed by atoms with Crippen molar-refractivity contribution in [2.24, 2.45) is 0 Å². The van der Waals surface area contributed by atoms with E-state index in [1.807, 2.05) is 0 Å². The Morgan fingerprint density at radius 1 is 0.744 bits per heavy atom. The summed E-state index contributed by atoms with van der Waals surface area (Å²) >= 11 is 0. The van der Waals surface area contributed by atoms with Crippen LogP contribution in [0, 0.1) is 24.7 Å². The number of nitrogens with zero attached hydrogens (tertiary/aromatic N) is 2. The summed E-state index contributed by atoms with van der Waals surface area (Å²) in [7, 11) is 0. The Labute approximate surface area is 224 Å². The molecule has 39 heavy (non-hydrogen) atoms. The topological polar surface area (TPSA) is 217 Å². The third kappa shape index (κ3) is 15.9. The summed E-state index contributed by atoms with van der Waals surface area (Å²) in [6, 6.07) is 0.